The van der Waals surface area contributed by atoms with Gasteiger partial charge in [0.05, 0.1) is 12.0 Å². The average Bonchev–Trinajstić information content (AvgIpc) is 2.48. The number of rotatable bonds is 5. The van der Waals surface area contributed by atoms with Crippen LogP contribution in [0.5, 0.6) is 5.75 Å². The number of ether oxygens (including phenoxy) is 2. The molecule has 1 fully saturated rings. The Balaban J connectivity index is 2.07. The third kappa shape index (κ3) is 3.31. The number of sulfonamides is 1. The van der Waals surface area contributed by atoms with Gasteiger partial charge in [0.1, 0.15) is 5.75 Å². The lowest BCUT2D eigenvalue weighted by Gasteiger charge is -2.30. The Morgan fingerprint density at radius 1 is 1.15 bits per heavy atom. The first-order chi connectivity index (χ1) is 9.57. The Kier molecular flexibility index (Phi) is 5.01. The van der Waals surface area contributed by atoms with Crippen molar-refractivity contribution in [2.24, 2.45) is 5.92 Å². The number of hydrogen-bond acceptors (Lipinski definition) is 4. The fraction of sp³-hybridized carbons (Fsp3) is 0.571. The second-order valence-electron chi connectivity index (χ2n) is 4.98. The molecule has 0 atom stereocenters. The van der Waals surface area contributed by atoms with E-state index < -0.39 is 10.0 Å². The van der Waals surface area contributed by atoms with Crippen LogP contribution in [0.25, 0.3) is 0 Å². The molecule has 0 N–H and O–H groups in total. The molecule has 1 aromatic rings. The lowest BCUT2D eigenvalue weighted by atomic mass is 9.99. The summed E-state index contributed by atoms with van der Waals surface area (Å²) in [4.78, 5) is 0.323. The molecule has 1 aromatic carbocycles. The predicted octanol–water partition coefficient (Wildman–Crippen LogP) is 1.74. The van der Waals surface area contributed by atoms with Crippen molar-refractivity contribution in [1.29, 1.82) is 0 Å². The van der Waals surface area contributed by atoms with E-state index in [-0.39, 0.29) is 0 Å². The molecule has 1 aliphatic heterocycles. The standard InChI is InChI=1S/C14H21NO4S/c1-18-11-12-7-9-15(10-8-12)20(16,17)14-5-3-13(19-2)4-6-14/h3-6,12H,7-11H2,1-2H3. The number of benzene rings is 1. The molecule has 0 spiro atoms. The molecule has 0 radical (unpaired) electrons. The van der Waals surface area contributed by atoms with Gasteiger partial charge in [0, 0.05) is 26.8 Å². The zero-order valence-corrected chi connectivity index (χ0v) is 12.7. The second kappa shape index (κ2) is 6.56. The Morgan fingerprint density at radius 3 is 2.25 bits per heavy atom. The monoisotopic (exact) mass is 299 g/mol. The van der Waals surface area contributed by atoms with E-state index in [1.807, 2.05) is 0 Å². The van der Waals surface area contributed by atoms with E-state index in [9.17, 15) is 8.42 Å². The third-order valence-electron chi connectivity index (χ3n) is 3.67. The summed E-state index contributed by atoms with van der Waals surface area (Å²) in [5.41, 5.74) is 0. The Bertz CT molecular complexity index is 519. The Labute approximate surface area is 120 Å². The molecule has 112 valence electrons. The maximum Gasteiger partial charge on any atom is 0.243 e. The van der Waals surface area contributed by atoms with Crippen LogP contribution in [0.3, 0.4) is 0 Å². The van der Waals surface area contributed by atoms with Crippen LogP contribution in [0.1, 0.15) is 12.8 Å². The second-order valence-corrected chi connectivity index (χ2v) is 6.92. The summed E-state index contributed by atoms with van der Waals surface area (Å²) in [5.74, 6) is 1.12. The van der Waals surface area contributed by atoms with Gasteiger partial charge in [0.15, 0.2) is 0 Å². The number of hydrogen-bond donors (Lipinski definition) is 0. The first-order valence-corrected chi connectivity index (χ1v) is 8.15. The van der Waals surface area contributed by atoms with Crippen LogP contribution >= 0.6 is 0 Å². The molecule has 1 saturated heterocycles. The lowest BCUT2D eigenvalue weighted by molar-refractivity contribution is 0.121. The fourth-order valence-electron chi connectivity index (χ4n) is 2.45. The van der Waals surface area contributed by atoms with Crippen molar-refractivity contribution in [3.63, 3.8) is 0 Å². The largest absolute Gasteiger partial charge is 0.497 e. The highest BCUT2D eigenvalue weighted by atomic mass is 32.2. The average molecular weight is 299 g/mol. The molecule has 0 aliphatic carbocycles. The van der Waals surface area contributed by atoms with Gasteiger partial charge in [0.25, 0.3) is 0 Å². The zero-order chi connectivity index (χ0) is 14.6. The Hall–Kier alpha value is -1.11. The van der Waals surface area contributed by atoms with Gasteiger partial charge >= 0.3 is 0 Å². The summed E-state index contributed by atoms with van der Waals surface area (Å²) in [6.07, 6.45) is 1.70. The molecule has 0 aromatic heterocycles. The molecular weight excluding hydrogens is 278 g/mol. The molecule has 0 bridgehead atoms. The van der Waals surface area contributed by atoms with Crippen LogP contribution in [0.4, 0.5) is 0 Å². The van der Waals surface area contributed by atoms with E-state index in [0.29, 0.717) is 36.3 Å². The summed E-state index contributed by atoms with van der Waals surface area (Å²) in [7, 11) is -0.148. The first kappa shape index (κ1) is 15.3. The summed E-state index contributed by atoms with van der Waals surface area (Å²) in [6, 6.07) is 6.53. The minimum absolute atomic E-state index is 0.323. The molecule has 0 amide bonds. The predicted molar refractivity (Wildman–Crippen MR) is 76.4 cm³/mol. The van der Waals surface area contributed by atoms with Crippen molar-refractivity contribution in [2.75, 3.05) is 33.9 Å². The van der Waals surface area contributed by atoms with E-state index in [1.165, 1.54) is 0 Å². The van der Waals surface area contributed by atoms with E-state index in [1.54, 1.807) is 42.8 Å². The van der Waals surface area contributed by atoms with Crippen LogP contribution in [0.15, 0.2) is 29.2 Å². The van der Waals surface area contributed by atoms with Crippen LogP contribution in [0, 0.1) is 5.92 Å². The third-order valence-corrected chi connectivity index (χ3v) is 5.59. The zero-order valence-electron chi connectivity index (χ0n) is 11.9. The van der Waals surface area contributed by atoms with Gasteiger partial charge in [-0.1, -0.05) is 0 Å². The maximum absolute atomic E-state index is 12.5. The van der Waals surface area contributed by atoms with Crippen molar-refractivity contribution in [3.8, 4) is 5.75 Å². The smallest absolute Gasteiger partial charge is 0.243 e. The SMILES string of the molecule is COCC1CCN(S(=O)(=O)c2ccc(OC)cc2)CC1. The van der Waals surface area contributed by atoms with Gasteiger partial charge < -0.3 is 9.47 Å². The van der Waals surface area contributed by atoms with Crippen LogP contribution in [-0.4, -0.2) is 46.6 Å². The first-order valence-electron chi connectivity index (χ1n) is 6.71. The highest BCUT2D eigenvalue weighted by Crippen LogP contribution is 2.25. The van der Waals surface area contributed by atoms with Gasteiger partial charge in [-0.15, -0.1) is 0 Å². The Morgan fingerprint density at radius 2 is 1.75 bits per heavy atom. The van der Waals surface area contributed by atoms with Crippen molar-refractivity contribution in [2.45, 2.75) is 17.7 Å². The van der Waals surface area contributed by atoms with E-state index in [0.717, 1.165) is 12.8 Å². The summed E-state index contributed by atoms with van der Waals surface area (Å²) < 4.78 is 36.7. The van der Waals surface area contributed by atoms with E-state index in [4.69, 9.17) is 9.47 Å². The van der Waals surface area contributed by atoms with Gasteiger partial charge in [-0.05, 0) is 43.0 Å². The molecule has 1 heterocycles. The van der Waals surface area contributed by atoms with Gasteiger partial charge in [0.2, 0.25) is 10.0 Å². The lowest BCUT2D eigenvalue weighted by Crippen LogP contribution is -2.39. The van der Waals surface area contributed by atoms with Crippen LogP contribution < -0.4 is 4.74 Å². The maximum atomic E-state index is 12.5. The molecular formula is C14H21NO4S. The van der Waals surface area contributed by atoms with Crippen LogP contribution in [0.2, 0.25) is 0 Å². The molecule has 2 rings (SSSR count). The summed E-state index contributed by atoms with van der Waals surface area (Å²) in [5, 5.41) is 0. The van der Waals surface area contributed by atoms with Gasteiger partial charge in [-0.2, -0.15) is 4.31 Å². The molecule has 0 saturated carbocycles. The van der Waals surface area contributed by atoms with E-state index in [2.05, 4.69) is 0 Å². The molecule has 6 heteroatoms. The van der Waals surface area contributed by atoms with Crippen LogP contribution in [-0.2, 0) is 14.8 Å². The number of nitrogens with zero attached hydrogens (tertiary/aromatic N) is 1. The molecule has 5 nitrogen and oxygen atoms in total. The van der Waals surface area contributed by atoms with E-state index >= 15 is 0 Å². The molecule has 0 unspecified atom stereocenters. The molecule has 1 aliphatic rings. The normalized spacial score (nSPS) is 18.1. The highest BCUT2D eigenvalue weighted by molar-refractivity contribution is 7.89. The van der Waals surface area contributed by atoms with Gasteiger partial charge in [-0.25, -0.2) is 8.42 Å². The van der Waals surface area contributed by atoms with Crippen molar-refractivity contribution in [3.05, 3.63) is 24.3 Å². The van der Waals surface area contributed by atoms with Gasteiger partial charge in [-0.3, -0.25) is 0 Å². The number of methoxy groups -OCH3 is 2. The molecule has 20 heavy (non-hydrogen) atoms. The topological polar surface area (TPSA) is 55.8 Å². The minimum Gasteiger partial charge on any atom is -0.497 e. The summed E-state index contributed by atoms with van der Waals surface area (Å²) in [6.45, 7) is 1.82. The number of piperidine rings is 1. The quantitative estimate of drug-likeness (QED) is 0.831. The van der Waals surface area contributed by atoms with Crippen molar-refractivity contribution < 1.29 is 17.9 Å². The van der Waals surface area contributed by atoms with Crippen molar-refractivity contribution in [1.82, 2.24) is 4.31 Å². The summed E-state index contributed by atoms with van der Waals surface area (Å²) >= 11 is 0. The highest BCUT2D eigenvalue weighted by Gasteiger charge is 2.29. The minimum atomic E-state index is -3.39. The van der Waals surface area contributed by atoms with Crippen molar-refractivity contribution >= 4 is 10.0 Å². The fourth-order valence-corrected chi connectivity index (χ4v) is 3.92.